The summed E-state index contributed by atoms with van der Waals surface area (Å²) in [5.41, 5.74) is 3.11. The topological polar surface area (TPSA) is 31.6 Å². The van der Waals surface area contributed by atoms with E-state index in [4.69, 9.17) is 13.9 Å². The average Bonchev–Trinajstić information content (AvgIpc) is 2.99. The van der Waals surface area contributed by atoms with Gasteiger partial charge in [-0.1, -0.05) is 36.4 Å². The summed E-state index contributed by atoms with van der Waals surface area (Å²) in [6.45, 7) is 0.236. The lowest BCUT2D eigenvalue weighted by Crippen LogP contribution is -1.94. The van der Waals surface area contributed by atoms with Gasteiger partial charge in [0.1, 0.15) is 5.58 Å². The van der Waals surface area contributed by atoms with Crippen LogP contribution in [0.3, 0.4) is 0 Å². The third-order valence-electron chi connectivity index (χ3n) is 3.11. The monoisotopic (exact) mass is 238 g/mol. The molecule has 2 heterocycles. The zero-order chi connectivity index (χ0) is 11.9. The van der Waals surface area contributed by atoms with E-state index in [1.165, 1.54) is 5.56 Å². The van der Waals surface area contributed by atoms with E-state index in [1.807, 2.05) is 30.3 Å². The maximum atomic E-state index is 5.55. The van der Waals surface area contributed by atoms with Gasteiger partial charge in [-0.15, -0.1) is 0 Å². The summed E-state index contributed by atoms with van der Waals surface area (Å²) in [6.07, 6.45) is 0. The van der Waals surface area contributed by atoms with E-state index in [1.54, 1.807) is 0 Å². The molecule has 0 aliphatic carbocycles. The van der Waals surface area contributed by atoms with Gasteiger partial charge in [0.25, 0.3) is 0 Å². The number of fused-ring (bicyclic) bond motifs is 3. The van der Waals surface area contributed by atoms with E-state index in [-0.39, 0.29) is 6.79 Å². The van der Waals surface area contributed by atoms with Crippen molar-refractivity contribution in [1.82, 2.24) is 0 Å². The molecule has 3 nitrogen and oxygen atoms in total. The Morgan fingerprint density at radius 3 is 2.61 bits per heavy atom. The Balaban J connectivity index is 1.94. The summed E-state index contributed by atoms with van der Waals surface area (Å²) in [6, 6.07) is 16.3. The lowest BCUT2D eigenvalue weighted by atomic mass is 10.0. The molecule has 3 aromatic rings. The number of ether oxygens (including phenoxy) is 2. The van der Waals surface area contributed by atoms with Gasteiger partial charge < -0.3 is 13.9 Å². The first-order valence-electron chi connectivity index (χ1n) is 5.79. The van der Waals surface area contributed by atoms with Crippen molar-refractivity contribution in [2.24, 2.45) is 0 Å². The zero-order valence-corrected chi connectivity index (χ0v) is 9.55. The summed E-state index contributed by atoms with van der Waals surface area (Å²) in [4.78, 5) is 0. The summed E-state index contributed by atoms with van der Waals surface area (Å²) >= 11 is 0. The molecule has 4 rings (SSSR count). The van der Waals surface area contributed by atoms with Crippen LogP contribution in [-0.2, 0) is 0 Å². The summed E-state index contributed by atoms with van der Waals surface area (Å²) in [5, 5.41) is 0.962. The van der Waals surface area contributed by atoms with Gasteiger partial charge in [-0.3, -0.25) is 0 Å². The second-order valence-corrected chi connectivity index (χ2v) is 4.20. The normalized spacial score (nSPS) is 13.1. The molecule has 1 aromatic heterocycles. The van der Waals surface area contributed by atoms with E-state index in [9.17, 15) is 0 Å². The SMILES string of the molecule is c1ccc(-c2ccc3oc4c(c3c2)OCO4)cc1. The molecule has 0 bridgehead atoms. The Morgan fingerprint density at radius 2 is 1.72 bits per heavy atom. The molecule has 1 aliphatic rings. The van der Waals surface area contributed by atoms with Crippen molar-refractivity contribution >= 4 is 11.0 Å². The van der Waals surface area contributed by atoms with Crippen LogP contribution in [0, 0.1) is 0 Å². The number of hydrogen-bond acceptors (Lipinski definition) is 3. The largest absolute Gasteiger partial charge is 0.449 e. The maximum absolute atomic E-state index is 5.55. The molecule has 0 atom stereocenters. The predicted molar refractivity (Wildman–Crippen MR) is 67.8 cm³/mol. The minimum atomic E-state index is 0.236. The van der Waals surface area contributed by atoms with Crippen molar-refractivity contribution in [1.29, 1.82) is 0 Å². The smallest absolute Gasteiger partial charge is 0.332 e. The molecule has 0 fully saturated rings. The molecule has 0 radical (unpaired) electrons. The van der Waals surface area contributed by atoms with Crippen LogP contribution in [-0.4, -0.2) is 6.79 Å². The zero-order valence-electron chi connectivity index (χ0n) is 9.55. The van der Waals surface area contributed by atoms with Gasteiger partial charge >= 0.3 is 5.95 Å². The Hall–Kier alpha value is -2.42. The molecule has 88 valence electrons. The first kappa shape index (κ1) is 9.59. The minimum absolute atomic E-state index is 0.236. The minimum Gasteiger partial charge on any atom is -0.449 e. The van der Waals surface area contributed by atoms with Gasteiger partial charge in [-0.25, -0.2) is 0 Å². The molecule has 1 aliphatic heterocycles. The van der Waals surface area contributed by atoms with Gasteiger partial charge in [0.05, 0.1) is 5.39 Å². The molecule has 2 aromatic carbocycles. The van der Waals surface area contributed by atoms with E-state index in [0.29, 0.717) is 11.7 Å². The third kappa shape index (κ3) is 1.31. The Morgan fingerprint density at radius 1 is 0.833 bits per heavy atom. The van der Waals surface area contributed by atoms with Crippen LogP contribution in [0.25, 0.3) is 22.1 Å². The van der Waals surface area contributed by atoms with Crippen molar-refractivity contribution in [3.8, 4) is 22.8 Å². The standard InChI is InChI=1S/C15H10O3/c1-2-4-10(5-3-1)11-6-7-13-12(8-11)14-15(18-13)17-9-16-14/h1-8H,9H2. The molecule has 0 saturated carbocycles. The molecular formula is C15H10O3. The fourth-order valence-electron chi connectivity index (χ4n) is 2.24. The van der Waals surface area contributed by atoms with E-state index >= 15 is 0 Å². The van der Waals surface area contributed by atoms with Gasteiger partial charge in [-0.2, -0.15) is 0 Å². The van der Waals surface area contributed by atoms with Gasteiger partial charge in [-0.05, 0) is 23.3 Å². The Kier molecular flexibility index (Phi) is 1.88. The number of rotatable bonds is 1. The molecule has 0 saturated heterocycles. The van der Waals surface area contributed by atoms with Crippen LogP contribution < -0.4 is 9.47 Å². The summed E-state index contributed by atoms with van der Waals surface area (Å²) in [5.74, 6) is 1.19. The van der Waals surface area contributed by atoms with E-state index < -0.39 is 0 Å². The van der Waals surface area contributed by atoms with Crippen LogP contribution in [0.2, 0.25) is 0 Å². The first-order chi connectivity index (χ1) is 8.92. The van der Waals surface area contributed by atoms with E-state index in [2.05, 4.69) is 18.2 Å². The third-order valence-corrected chi connectivity index (χ3v) is 3.11. The fourth-order valence-corrected chi connectivity index (χ4v) is 2.24. The van der Waals surface area contributed by atoms with Crippen molar-refractivity contribution in [2.75, 3.05) is 6.79 Å². The van der Waals surface area contributed by atoms with Crippen LogP contribution in [0.1, 0.15) is 0 Å². The van der Waals surface area contributed by atoms with Crippen LogP contribution >= 0.6 is 0 Å². The molecular weight excluding hydrogens is 228 g/mol. The molecule has 0 spiro atoms. The molecule has 0 amide bonds. The van der Waals surface area contributed by atoms with Crippen molar-refractivity contribution < 1.29 is 13.9 Å². The quantitative estimate of drug-likeness (QED) is 0.645. The number of furan rings is 1. The average molecular weight is 238 g/mol. The lowest BCUT2D eigenvalue weighted by molar-refractivity contribution is 0.154. The highest BCUT2D eigenvalue weighted by molar-refractivity contribution is 5.91. The first-order valence-corrected chi connectivity index (χ1v) is 5.79. The van der Waals surface area contributed by atoms with Crippen molar-refractivity contribution in [2.45, 2.75) is 0 Å². The molecule has 0 N–H and O–H groups in total. The lowest BCUT2D eigenvalue weighted by Gasteiger charge is -2.01. The highest BCUT2D eigenvalue weighted by Crippen LogP contribution is 2.43. The number of benzene rings is 2. The van der Waals surface area contributed by atoms with E-state index in [0.717, 1.165) is 16.5 Å². The van der Waals surface area contributed by atoms with Gasteiger partial charge in [0, 0.05) is 0 Å². The summed E-state index contributed by atoms with van der Waals surface area (Å²) < 4.78 is 16.2. The number of hydrogen-bond donors (Lipinski definition) is 0. The Bertz CT molecular complexity index is 713. The fraction of sp³-hybridized carbons (Fsp3) is 0.0667. The van der Waals surface area contributed by atoms with Gasteiger partial charge in [0.2, 0.25) is 12.5 Å². The molecule has 18 heavy (non-hydrogen) atoms. The molecule has 0 unspecified atom stereocenters. The van der Waals surface area contributed by atoms with Crippen LogP contribution in [0.15, 0.2) is 52.9 Å². The maximum Gasteiger partial charge on any atom is 0.332 e. The van der Waals surface area contributed by atoms with Crippen LogP contribution in [0.4, 0.5) is 0 Å². The molecule has 3 heteroatoms. The van der Waals surface area contributed by atoms with Gasteiger partial charge in [0.15, 0.2) is 0 Å². The predicted octanol–water partition coefficient (Wildman–Crippen LogP) is 3.83. The second kappa shape index (κ2) is 3.53. The van der Waals surface area contributed by atoms with Crippen molar-refractivity contribution in [3.63, 3.8) is 0 Å². The second-order valence-electron chi connectivity index (χ2n) is 4.20. The summed E-state index contributed by atoms with van der Waals surface area (Å²) in [7, 11) is 0. The highest BCUT2D eigenvalue weighted by atomic mass is 16.7. The Labute approximate surface area is 104 Å². The highest BCUT2D eigenvalue weighted by Gasteiger charge is 2.22. The van der Waals surface area contributed by atoms with Crippen LogP contribution in [0.5, 0.6) is 11.7 Å². The van der Waals surface area contributed by atoms with Crippen molar-refractivity contribution in [3.05, 3.63) is 48.5 Å².